The number of thiophene rings is 1. The van der Waals surface area contributed by atoms with Crippen LogP contribution in [-0.2, 0) is 14.8 Å². The number of sulfonamides is 1. The quantitative estimate of drug-likeness (QED) is 0.557. The van der Waals surface area contributed by atoms with Crippen LogP contribution in [0.4, 0.5) is 10.7 Å². The summed E-state index contributed by atoms with van der Waals surface area (Å²) >= 11 is 1.19. The number of carbonyl (C=O) groups excluding carboxylic acids is 1. The Kier molecular flexibility index (Phi) is 5.88. The van der Waals surface area contributed by atoms with Gasteiger partial charge in [0.25, 0.3) is 10.0 Å². The van der Waals surface area contributed by atoms with Gasteiger partial charge in [0.15, 0.2) is 0 Å². The summed E-state index contributed by atoms with van der Waals surface area (Å²) in [6, 6.07) is 15.8. The molecule has 0 saturated heterocycles. The molecule has 0 saturated carbocycles. The predicted molar refractivity (Wildman–Crippen MR) is 122 cm³/mol. The molecule has 162 valence electrons. The molecule has 7 nitrogen and oxygen atoms in total. The molecule has 0 spiro atoms. The molecule has 1 aliphatic heterocycles. The minimum atomic E-state index is -3.94. The van der Waals surface area contributed by atoms with Crippen LogP contribution in [0.1, 0.15) is 17.3 Å². The van der Waals surface area contributed by atoms with Crippen molar-refractivity contribution >= 4 is 38.0 Å². The smallest absolute Gasteiger partial charge is 0.341 e. The number of fused-ring (bicyclic) bond motifs is 1. The minimum Gasteiger partial charge on any atom is -0.490 e. The molecule has 1 aromatic heterocycles. The number of esters is 1. The van der Waals surface area contributed by atoms with E-state index in [4.69, 9.17) is 9.47 Å². The number of benzene rings is 2. The molecule has 0 bridgehead atoms. The lowest BCUT2D eigenvalue weighted by molar-refractivity contribution is 0.0528. The van der Waals surface area contributed by atoms with Gasteiger partial charge in [-0.15, -0.1) is 11.3 Å². The highest BCUT2D eigenvalue weighted by Gasteiger charge is 2.25. The second-order valence-electron chi connectivity index (χ2n) is 6.94. The summed E-state index contributed by atoms with van der Waals surface area (Å²) in [4.78, 5) is 15.3. The fraction of sp³-hybridized carbons (Fsp3) is 0.227. The van der Waals surface area contributed by atoms with Crippen LogP contribution in [-0.4, -0.2) is 41.2 Å². The van der Waals surface area contributed by atoms with Gasteiger partial charge in [-0.25, -0.2) is 13.2 Å². The predicted octanol–water partition coefficient (Wildman–Crippen LogP) is 4.22. The first kappa shape index (κ1) is 21.2. The van der Waals surface area contributed by atoms with Crippen LogP contribution in [0, 0.1) is 0 Å². The fourth-order valence-electron chi connectivity index (χ4n) is 3.25. The van der Waals surface area contributed by atoms with Crippen LogP contribution in [0.15, 0.2) is 59.5 Å². The van der Waals surface area contributed by atoms with E-state index in [-0.39, 0.29) is 22.1 Å². The summed E-state index contributed by atoms with van der Waals surface area (Å²) in [6.45, 7) is 3.12. The first-order chi connectivity index (χ1) is 14.9. The van der Waals surface area contributed by atoms with Crippen molar-refractivity contribution in [3.63, 3.8) is 0 Å². The fourth-order valence-corrected chi connectivity index (χ4v) is 5.64. The molecule has 0 unspecified atom stereocenters. The average molecular weight is 459 g/mol. The lowest BCUT2D eigenvalue weighted by Gasteiger charge is -2.28. The number of likely N-dealkylation sites (N-methyl/N-ethyl adjacent to an activating group) is 1. The van der Waals surface area contributed by atoms with Gasteiger partial charge in [0.05, 0.1) is 29.3 Å². The third kappa shape index (κ3) is 4.38. The third-order valence-corrected chi connectivity index (χ3v) is 7.43. The molecule has 0 fully saturated rings. The number of ether oxygens (including phenoxy) is 2. The first-order valence-corrected chi connectivity index (χ1v) is 12.1. The SMILES string of the molecule is CCOC(=O)c1cc(-c2ccccc2)sc1NS(=O)(=O)c1ccc2c(c1)N(C)CCO2. The van der Waals surface area contributed by atoms with Gasteiger partial charge in [0.1, 0.15) is 17.4 Å². The van der Waals surface area contributed by atoms with E-state index in [2.05, 4.69) is 4.72 Å². The second-order valence-corrected chi connectivity index (χ2v) is 9.68. The van der Waals surface area contributed by atoms with Crippen molar-refractivity contribution < 1.29 is 22.7 Å². The van der Waals surface area contributed by atoms with Crippen LogP contribution in [0.2, 0.25) is 0 Å². The molecule has 1 aliphatic rings. The van der Waals surface area contributed by atoms with Crippen molar-refractivity contribution in [2.45, 2.75) is 11.8 Å². The molecule has 1 N–H and O–H groups in total. The van der Waals surface area contributed by atoms with Crippen molar-refractivity contribution in [1.82, 2.24) is 0 Å². The topological polar surface area (TPSA) is 84.9 Å². The van der Waals surface area contributed by atoms with E-state index in [1.54, 1.807) is 25.1 Å². The van der Waals surface area contributed by atoms with Gasteiger partial charge in [-0.3, -0.25) is 4.72 Å². The molecule has 31 heavy (non-hydrogen) atoms. The van der Waals surface area contributed by atoms with Gasteiger partial charge in [-0.2, -0.15) is 0 Å². The van der Waals surface area contributed by atoms with Crippen molar-refractivity contribution in [3.8, 4) is 16.2 Å². The number of hydrogen-bond acceptors (Lipinski definition) is 7. The van der Waals surface area contributed by atoms with Gasteiger partial charge >= 0.3 is 5.97 Å². The van der Waals surface area contributed by atoms with E-state index in [0.717, 1.165) is 10.4 Å². The van der Waals surface area contributed by atoms with E-state index in [9.17, 15) is 13.2 Å². The normalized spacial score (nSPS) is 13.3. The standard InChI is InChI=1S/C22H22N2O5S2/c1-3-28-22(25)17-14-20(15-7-5-4-6-8-15)30-21(17)23-31(26,27)16-9-10-19-18(13-16)24(2)11-12-29-19/h4-10,13-14,23H,3,11-12H2,1-2H3. The number of nitrogens with one attached hydrogen (secondary N) is 1. The van der Waals surface area contributed by atoms with E-state index in [1.165, 1.54) is 17.4 Å². The molecule has 4 rings (SSSR count). The molecule has 2 heterocycles. The second kappa shape index (κ2) is 8.60. The maximum atomic E-state index is 13.2. The molecular weight excluding hydrogens is 436 g/mol. The maximum absolute atomic E-state index is 13.2. The third-order valence-electron chi connectivity index (χ3n) is 4.85. The molecule has 3 aromatic rings. The van der Waals surface area contributed by atoms with Crippen LogP contribution < -0.4 is 14.4 Å². The largest absolute Gasteiger partial charge is 0.490 e. The van der Waals surface area contributed by atoms with Gasteiger partial charge in [0, 0.05) is 11.9 Å². The Bertz CT molecular complexity index is 1210. The van der Waals surface area contributed by atoms with E-state index < -0.39 is 16.0 Å². The molecule has 2 aromatic carbocycles. The zero-order chi connectivity index (χ0) is 22.0. The summed E-state index contributed by atoms with van der Waals surface area (Å²) < 4.78 is 39.6. The summed E-state index contributed by atoms with van der Waals surface area (Å²) in [5.41, 5.74) is 1.78. The van der Waals surface area contributed by atoms with Crippen LogP contribution >= 0.6 is 11.3 Å². The summed E-state index contributed by atoms with van der Waals surface area (Å²) in [5, 5.41) is 0.222. The summed E-state index contributed by atoms with van der Waals surface area (Å²) in [7, 11) is -2.06. The molecule has 9 heteroatoms. The number of carbonyl (C=O) groups is 1. The van der Waals surface area contributed by atoms with E-state index in [0.29, 0.717) is 24.6 Å². The van der Waals surface area contributed by atoms with Gasteiger partial charge in [-0.1, -0.05) is 30.3 Å². The maximum Gasteiger partial charge on any atom is 0.341 e. The minimum absolute atomic E-state index is 0.0908. The van der Waals surface area contributed by atoms with Crippen molar-refractivity contribution in [2.75, 3.05) is 36.4 Å². The highest BCUT2D eigenvalue weighted by molar-refractivity contribution is 7.93. The van der Waals surface area contributed by atoms with Crippen molar-refractivity contribution in [3.05, 3.63) is 60.2 Å². The zero-order valence-corrected chi connectivity index (χ0v) is 18.8. The van der Waals surface area contributed by atoms with E-state index in [1.807, 2.05) is 42.3 Å². The Morgan fingerprint density at radius 1 is 1.19 bits per heavy atom. The number of hydrogen-bond donors (Lipinski definition) is 1. The van der Waals surface area contributed by atoms with Crippen molar-refractivity contribution in [2.24, 2.45) is 0 Å². The number of rotatable bonds is 6. The number of anilines is 2. The molecular formula is C22H22N2O5S2. The Hall–Kier alpha value is -3.04. The zero-order valence-electron chi connectivity index (χ0n) is 17.1. The summed E-state index contributed by atoms with van der Waals surface area (Å²) in [6.07, 6.45) is 0. The van der Waals surface area contributed by atoms with Gasteiger partial charge in [-0.05, 0) is 36.8 Å². The van der Waals surface area contributed by atoms with Crippen molar-refractivity contribution in [1.29, 1.82) is 0 Å². The van der Waals surface area contributed by atoms with Crippen LogP contribution in [0.3, 0.4) is 0 Å². The first-order valence-electron chi connectivity index (χ1n) is 9.76. The molecule has 0 aliphatic carbocycles. The molecule has 0 atom stereocenters. The highest BCUT2D eigenvalue weighted by atomic mass is 32.2. The Labute approximate surface area is 185 Å². The van der Waals surface area contributed by atoms with Gasteiger partial charge in [0.2, 0.25) is 0 Å². The average Bonchev–Trinajstić information content (AvgIpc) is 3.18. The van der Waals surface area contributed by atoms with Gasteiger partial charge < -0.3 is 14.4 Å². The van der Waals surface area contributed by atoms with Crippen LogP contribution in [0.25, 0.3) is 10.4 Å². The Morgan fingerprint density at radius 2 is 1.97 bits per heavy atom. The lowest BCUT2D eigenvalue weighted by atomic mass is 10.1. The monoisotopic (exact) mass is 458 g/mol. The molecule has 0 amide bonds. The molecule has 0 radical (unpaired) electrons. The van der Waals surface area contributed by atoms with Crippen LogP contribution in [0.5, 0.6) is 5.75 Å². The summed E-state index contributed by atoms with van der Waals surface area (Å²) in [5.74, 6) is 0.0691. The Morgan fingerprint density at radius 3 is 2.71 bits per heavy atom. The number of nitrogens with zero attached hydrogens (tertiary/aromatic N) is 1. The highest BCUT2D eigenvalue weighted by Crippen LogP contribution is 2.38. The Balaban J connectivity index is 1.71. The van der Waals surface area contributed by atoms with E-state index >= 15 is 0 Å². The lowest BCUT2D eigenvalue weighted by Crippen LogP contribution is -2.29.